The molecule has 98 valence electrons. The molecule has 1 amide bonds. The molecule has 0 saturated carbocycles. The van der Waals surface area contributed by atoms with Crippen molar-refractivity contribution in [1.82, 2.24) is 0 Å². The molecule has 0 spiro atoms. The molecule has 0 aliphatic rings. The summed E-state index contributed by atoms with van der Waals surface area (Å²) in [6, 6.07) is 9.66. The highest BCUT2D eigenvalue weighted by molar-refractivity contribution is 6.02. The van der Waals surface area contributed by atoms with Gasteiger partial charge in [0.05, 0.1) is 0 Å². The zero-order valence-corrected chi connectivity index (χ0v) is 11.4. The van der Waals surface area contributed by atoms with Crippen molar-refractivity contribution >= 4 is 17.7 Å². The fourth-order valence-corrected chi connectivity index (χ4v) is 1.75. The zero-order chi connectivity index (χ0) is 13.8. The molecule has 0 unspecified atom stereocenters. The molecule has 1 heterocycles. The van der Waals surface area contributed by atoms with Gasteiger partial charge in [-0.25, -0.2) is 0 Å². The molecule has 0 aliphatic heterocycles. The monoisotopic (exact) mass is 255 g/mol. The molecule has 1 aromatic heterocycles. The van der Waals surface area contributed by atoms with E-state index in [2.05, 4.69) is 5.32 Å². The Hall–Kier alpha value is -2.29. The van der Waals surface area contributed by atoms with Gasteiger partial charge in [-0.3, -0.25) is 4.79 Å². The van der Waals surface area contributed by atoms with E-state index in [-0.39, 0.29) is 5.91 Å². The van der Waals surface area contributed by atoms with Crippen LogP contribution in [0.3, 0.4) is 0 Å². The number of carbonyl (C=O) groups is 1. The summed E-state index contributed by atoms with van der Waals surface area (Å²) < 4.78 is 5.36. The Morgan fingerprint density at radius 1 is 1.16 bits per heavy atom. The summed E-state index contributed by atoms with van der Waals surface area (Å²) in [4.78, 5) is 11.8. The average molecular weight is 255 g/mol. The fourth-order valence-electron chi connectivity index (χ4n) is 1.75. The summed E-state index contributed by atoms with van der Waals surface area (Å²) in [5.41, 5.74) is 3.00. The summed E-state index contributed by atoms with van der Waals surface area (Å²) >= 11 is 0. The maximum Gasteiger partial charge on any atom is 0.248 e. The number of hydrogen-bond donors (Lipinski definition) is 1. The van der Waals surface area contributed by atoms with Crippen LogP contribution >= 0.6 is 0 Å². The van der Waals surface area contributed by atoms with E-state index in [0.29, 0.717) is 5.76 Å². The molecule has 0 fully saturated rings. The van der Waals surface area contributed by atoms with Gasteiger partial charge < -0.3 is 9.73 Å². The van der Waals surface area contributed by atoms with E-state index in [0.717, 1.165) is 22.6 Å². The number of furan rings is 1. The summed E-state index contributed by atoms with van der Waals surface area (Å²) in [5.74, 6) is 1.34. The Morgan fingerprint density at radius 3 is 2.63 bits per heavy atom. The predicted octanol–water partition coefficient (Wildman–Crippen LogP) is 3.86. The molecule has 0 radical (unpaired) electrons. The lowest BCUT2D eigenvalue weighted by atomic mass is 10.1. The van der Waals surface area contributed by atoms with Crippen LogP contribution in [0.15, 0.2) is 40.8 Å². The minimum atomic E-state index is -0.164. The molecule has 19 heavy (non-hydrogen) atoms. The van der Waals surface area contributed by atoms with Gasteiger partial charge in [0.1, 0.15) is 11.5 Å². The third-order valence-electron chi connectivity index (χ3n) is 2.81. The van der Waals surface area contributed by atoms with Crippen molar-refractivity contribution in [2.24, 2.45) is 0 Å². The van der Waals surface area contributed by atoms with Crippen LogP contribution in [0.4, 0.5) is 5.69 Å². The van der Waals surface area contributed by atoms with Crippen molar-refractivity contribution in [1.29, 1.82) is 0 Å². The van der Waals surface area contributed by atoms with Crippen LogP contribution < -0.4 is 5.32 Å². The first-order chi connectivity index (χ1) is 9.04. The van der Waals surface area contributed by atoms with Gasteiger partial charge in [-0.05, 0) is 56.2 Å². The molecule has 3 nitrogen and oxygen atoms in total. The first-order valence-electron chi connectivity index (χ1n) is 6.17. The van der Waals surface area contributed by atoms with Crippen molar-refractivity contribution < 1.29 is 9.21 Å². The number of carbonyl (C=O) groups excluding carboxylic acids is 1. The third-order valence-corrected chi connectivity index (χ3v) is 2.81. The predicted molar refractivity (Wildman–Crippen MR) is 77.0 cm³/mol. The average Bonchev–Trinajstić information content (AvgIpc) is 2.77. The number of hydrogen-bond acceptors (Lipinski definition) is 2. The smallest absolute Gasteiger partial charge is 0.248 e. The normalized spacial score (nSPS) is 10.9. The lowest BCUT2D eigenvalue weighted by Crippen LogP contribution is -2.09. The second-order valence-electron chi connectivity index (χ2n) is 4.59. The van der Waals surface area contributed by atoms with E-state index in [1.54, 1.807) is 6.08 Å². The second kappa shape index (κ2) is 5.57. The molecule has 2 aromatic rings. The Labute approximate surface area is 112 Å². The van der Waals surface area contributed by atoms with E-state index >= 15 is 0 Å². The molecule has 0 bridgehead atoms. The summed E-state index contributed by atoms with van der Waals surface area (Å²) in [5, 5.41) is 2.86. The molecular weight excluding hydrogens is 238 g/mol. The topological polar surface area (TPSA) is 42.2 Å². The van der Waals surface area contributed by atoms with Crippen LogP contribution in [0.5, 0.6) is 0 Å². The van der Waals surface area contributed by atoms with Gasteiger partial charge in [0.2, 0.25) is 5.91 Å². The van der Waals surface area contributed by atoms with Crippen LogP contribution in [0.1, 0.15) is 22.6 Å². The van der Waals surface area contributed by atoms with Crippen LogP contribution in [-0.2, 0) is 4.79 Å². The molecule has 1 aromatic carbocycles. The molecule has 0 saturated heterocycles. The van der Waals surface area contributed by atoms with Gasteiger partial charge >= 0.3 is 0 Å². The van der Waals surface area contributed by atoms with Crippen molar-refractivity contribution in [3.8, 4) is 0 Å². The van der Waals surface area contributed by atoms with E-state index < -0.39 is 0 Å². The molecule has 0 aliphatic carbocycles. The van der Waals surface area contributed by atoms with Crippen LogP contribution in [-0.4, -0.2) is 5.91 Å². The second-order valence-corrected chi connectivity index (χ2v) is 4.59. The van der Waals surface area contributed by atoms with Gasteiger partial charge in [-0.1, -0.05) is 12.1 Å². The minimum absolute atomic E-state index is 0.164. The maximum absolute atomic E-state index is 11.8. The van der Waals surface area contributed by atoms with Crippen LogP contribution in [0.2, 0.25) is 0 Å². The van der Waals surface area contributed by atoms with Gasteiger partial charge in [-0.2, -0.15) is 0 Å². The van der Waals surface area contributed by atoms with Gasteiger partial charge in [-0.15, -0.1) is 0 Å². The lowest BCUT2D eigenvalue weighted by molar-refractivity contribution is -0.111. The van der Waals surface area contributed by atoms with Crippen LogP contribution in [0, 0.1) is 20.8 Å². The van der Waals surface area contributed by atoms with Crippen molar-refractivity contribution in [2.45, 2.75) is 20.8 Å². The van der Waals surface area contributed by atoms with Crippen LogP contribution in [0.25, 0.3) is 6.08 Å². The quantitative estimate of drug-likeness (QED) is 0.846. The van der Waals surface area contributed by atoms with E-state index in [1.807, 2.05) is 51.1 Å². The number of amides is 1. The highest BCUT2D eigenvalue weighted by Gasteiger charge is 2.02. The summed E-state index contributed by atoms with van der Waals surface area (Å²) in [6.07, 6.45) is 3.13. The standard InChI is InChI=1S/C16H17NO2/c1-11-4-5-12(2)15(10-11)17-16(18)9-8-14-7-6-13(3)19-14/h4-10H,1-3H3,(H,17,18). The number of nitrogens with one attached hydrogen (secondary N) is 1. The largest absolute Gasteiger partial charge is 0.462 e. The minimum Gasteiger partial charge on any atom is -0.462 e. The number of benzene rings is 1. The zero-order valence-electron chi connectivity index (χ0n) is 11.4. The van der Waals surface area contributed by atoms with Gasteiger partial charge in [0.15, 0.2) is 0 Å². The van der Waals surface area contributed by atoms with Crippen molar-refractivity contribution in [3.63, 3.8) is 0 Å². The molecule has 0 atom stereocenters. The van der Waals surface area contributed by atoms with Crippen molar-refractivity contribution in [2.75, 3.05) is 5.32 Å². The van der Waals surface area contributed by atoms with E-state index in [4.69, 9.17) is 4.42 Å². The number of rotatable bonds is 3. The fraction of sp³-hybridized carbons (Fsp3) is 0.188. The van der Waals surface area contributed by atoms with Gasteiger partial charge in [0, 0.05) is 11.8 Å². The summed E-state index contributed by atoms with van der Waals surface area (Å²) in [6.45, 7) is 5.83. The molecular formula is C16H17NO2. The molecule has 2 rings (SSSR count). The first-order valence-corrected chi connectivity index (χ1v) is 6.17. The van der Waals surface area contributed by atoms with Gasteiger partial charge in [0.25, 0.3) is 0 Å². The van der Waals surface area contributed by atoms with E-state index in [9.17, 15) is 4.79 Å². The highest BCUT2D eigenvalue weighted by atomic mass is 16.3. The highest BCUT2D eigenvalue weighted by Crippen LogP contribution is 2.16. The molecule has 1 N–H and O–H groups in total. The first kappa shape index (κ1) is 13.1. The Kier molecular flexibility index (Phi) is 3.85. The SMILES string of the molecule is Cc1ccc(C)c(NC(=O)C=Cc2ccc(C)o2)c1. The van der Waals surface area contributed by atoms with Crippen molar-refractivity contribution in [3.05, 3.63) is 59.1 Å². The summed E-state index contributed by atoms with van der Waals surface area (Å²) in [7, 11) is 0. The number of anilines is 1. The van der Waals surface area contributed by atoms with E-state index in [1.165, 1.54) is 6.08 Å². The molecule has 3 heteroatoms. The Bertz CT molecular complexity index is 623. The third kappa shape index (κ3) is 3.58. The maximum atomic E-state index is 11.8. The lowest BCUT2D eigenvalue weighted by Gasteiger charge is -2.07. The Morgan fingerprint density at radius 2 is 1.95 bits per heavy atom. The number of aryl methyl sites for hydroxylation is 3. The Balaban J connectivity index is 2.05.